The monoisotopic (exact) mass is 436 g/mol. The maximum absolute atomic E-state index is 13.2. The molecule has 3 rings (SSSR count). The first kappa shape index (κ1) is 22.8. The largest absolute Gasteiger partial charge is 0.416 e. The summed E-state index contributed by atoms with van der Waals surface area (Å²) in [7, 11) is 0. The lowest BCUT2D eigenvalue weighted by molar-refractivity contribution is -0.137. The van der Waals surface area contributed by atoms with Gasteiger partial charge in [-0.05, 0) is 29.3 Å². The van der Waals surface area contributed by atoms with E-state index >= 15 is 0 Å². The summed E-state index contributed by atoms with van der Waals surface area (Å²) < 4.78 is 52.6. The number of amides is 2. The van der Waals surface area contributed by atoms with Crippen LogP contribution in [0.2, 0.25) is 0 Å². The molecule has 1 aliphatic heterocycles. The maximum Gasteiger partial charge on any atom is 0.416 e. The lowest BCUT2D eigenvalue weighted by atomic mass is 9.87. The van der Waals surface area contributed by atoms with Gasteiger partial charge in [0.25, 0.3) is 0 Å². The summed E-state index contributed by atoms with van der Waals surface area (Å²) >= 11 is 0. The summed E-state index contributed by atoms with van der Waals surface area (Å²) in [5.74, 6) is -2.43. The van der Waals surface area contributed by atoms with E-state index in [0.29, 0.717) is 11.1 Å². The molecule has 2 aromatic rings. The quantitative estimate of drug-likeness (QED) is 0.709. The van der Waals surface area contributed by atoms with Gasteiger partial charge < -0.3 is 10.2 Å². The Labute approximate surface area is 178 Å². The van der Waals surface area contributed by atoms with Crippen LogP contribution >= 0.6 is 0 Å². The summed E-state index contributed by atoms with van der Waals surface area (Å²) in [6.45, 7) is 3.94. The Morgan fingerprint density at radius 1 is 1.10 bits per heavy atom. The van der Waals surface area contributed by atoms with Crippen LogP contribution in [0, 0.1) is 17.7 Å². The molecule has 166 valence electrons. The number of nitrogens with zero attached hydrogens (tertiary/aromatic N) is 1. The van der Waals surface area contributed by atoms with E-state index in [1.165, 1.54) is 23.1 Å². The smallest absolute Gasteiger partial charge is 0.352 e. The fourth-order valence-corrected chi connectivity index (χ4v) is 3.82. The van der Waals surface area contributed by atoms with E-state index in [0.717, 1.165) is 12.1 Å². The first-order chi connectivity index (χ1) is 14.6. The number of hydrogen-bond donors (Lipinski definition) is 1. The van der Waals surface area contributed by atoms with Crippen LogP contribution in [0.1, 0.15) is 36.5 Å². The van der Waals surface area contributed by atoms with Gasteiger partial charge in [0.15, 0.2) is 0 Å². The van der Waals surface area contributed by atoms with Gasteiger partial charge in [-0.25, -0.2) is 4.39 Å². The molecule has 1 N–H and O–H groups in total. The van der Waals surface area contributed by atoms with Gasteiger partial charge in [-0.1, -0.05) is 44.2 Å². The van der Waals surface area contributed by atoms with Crippen molar-refractivity contribution in [3.05, 3.63) is 71.0 Å². The molecule has 2 amide bonds. The third-order valence-electron chi connectivity index (χ3n) is 5.48. The van der Waals surface area contributed by atoms with Gasteiger partial charge in [0.05, 0.1) is 11.5 Å². The van der Waals surface area contributed by atoms with E-state index in [-0.39, 0.29) is 37.4 Å². The van der Waals surface area contributed by atoms with Crippen molar-refractivity contribution in [2.24, 2.45) is 11.8 Å². The fraction of sp³-hybridized carbons (Fsp3) is 0.391. The minimum absolute atomic E-state index is 0.132. The van der Waals surface area contributed by atoms with Crippen LogP contribution in [0.3, 0.4) is 0 Å². The molecule has 4 nitrogen and oxygen atoms in total. The first-order valence-corrected chi connectivity index (χ1v) is 10.0. The van der Waals surface area contributed by atoms with Crippen molar-refractivity contribution in [3.8, 4) is 0 Å². The number of nitrogens with one attached hydrogen (secondary N) is 1. The molecule has 2 atom stereocenters. The normalized spacial score (nSPS) is 19.0. The summed E-state index contributed by atoms with van der Waals surface area (Å²) in [5, 5.41) is 2.77. The molecule has 31 heavy (non-hydrogen) atoms. The lowest BCUT2D eigenvalue weighted by Crippen LogP contribution is -2.36. The highest BCUT2D eigenvalue weighted by Crippen LogP contribution is 2.37. The lowest BCUT2D eigenvalue weighted by Gasteiger charge is -2.19. The third kappa shape index (κ3) is 5.42. The van der Waals surface area contributed by atoms with Gasteiger partial charge >= 0.3 is 6.18 Å². The number of halogens is 4. The van der Waals surface area contributed by atoms with Crippen molar-refractivity contribution in [1.82, 2.24) is 10.2 Å². The molecule has 0 radical (unpaired) electrons. The Balaban J connectivity index is 1.83. The molecule has 0 aromatic heterocycles. The minimum atomic E-state index is -4.50. The van der Waals surface area contributed by atoms with Gasteiger partial charge in [0.1, 0.15) is 5.82 Å². The van der Waals surface area contributed by atoms with Crippen molar-refractivity contribution in [2.75, 3.05) is 13.1 Å². The molecular weight excluding hydrogens is 412 g/mol. The number of carbonyl (C=O) groups excluding carboxylic acids is 2. The van der Waals surface area contributed by atoms with E-state index in [1.807, 2.05) is 0 Å². The van der Waals surface area contributed by atoms with Crippen molar-refractivity contribution in [3.63, 3.8) is 0 Å². The summed E-state index contributed by atoms with van der Waals surface area (Å²) in [6.07, 6.45) is -4.50. The predicted octanol–water partition coefficient (Wildman–Crippen LogP) is 4.36. The molecule has 0 aliphatic carbocycles. The molecule has 1 saturated heterocycles. The number of rotatable bonds is 5. The SMILES string of the molecule is CC(C)C(=O)N1CC(C(=O)NCc2ccc(F)cc2)C(c2cccc(C(F)(F)F)c2)C1. The second kappa shape index (κ2) is 9.08. The number of hydrogen-bond acceptors (Lipinski definition) is 2. The number of carbonyl (C=O) groups is 2. The van der Waals surface area contributed by atoms with E-state index in [1.54, 1.807) is 32.0 Å². The van der Waals surface area contributed by atoms with Crippen molar-refractivity contribution in [2.45, 2.75) is 32.5 Å². The highest BCUT2D eigenvalue weighted by atomic mass is 19.4. The van der Waals surface area contributed by atoms with Gasteiger partial charge in [-0.15, -0.1) is 0 Å². The standard InChI is InChI=1S/C23H24F4N2O2/c1-14(2)22(31)29-12-19(16-4-3-5-17(10-16)23(25,26)27)20(13-29)21(30)28-11-15-6-8-18(24)9-7-15/h3-10,14,19-20H,11-13H2,1-2H3,(H,28,30). The van der Waals surface area contributed by atoms with Gasteiger partial charge in [0.2, 0.25) is 11.8 Å². The molecule has 0 spiro atoms. The Kier molecular flexibility index (Phi) is 6.67. The summed E-state index contributed by atoms with van der Waals surface area (Å²) in [4.78, 5) is 27.0. The van der Waals surface area contributed by atoms with Crippen LogP contribution < -0.4 is 5.32 Å². The molecular formula is C23H24F4N2O2. The maximum atomic E-state index is 13.2. The number of likely N-dealkylation sites (tertiary alicyclic amines) is 1. The van der Waals surface area contributed by atoms with Crippen molar-refractivity contribution >= 4 is 11.8 Å². The molecule has 8 heteroatoms. The zero-order valence-corrected chi connectivity index (χ0v) is 17.2. The summed E-state index contributed by atoms with van der Waals surface area (Å²) in [6, 6.07) is 10.6. The third-order valence-corrected chi connectivity index (χ3v) is 5.48. The minimum Gasteiger partial charge on any atom is -0.352 e. The van der Waals surface area contributed by atoms with Gasteiger partial charge in [-0.2, -0.15) is 13.2 Å². The van der Waals surface area contributed by atoms with Crippen molar-refractivity contribution in [1.29, 1.82) is 0 Å². The predicted molar refractivity (Wildman–Crippen MR) is 107 cm³/mol. The Morgan fingerprint density at radius 3 is 2.39 bits per heavy atom. The second-order valence-electron chi connectivity index (χ2n) is 8.08. The molecule has 0 saturated carbocycles. The fourth-order valence-electron chi connectivity index (χ4n) is 3.82. The molecule has 1 aliphatic rings. The van der Waals surface area contributed by atoms with E-state index < -0.39 is 29.4 Å². The highest BCUT2D eigenvalue weighted by molar-refractivity contribution is 5.84. The van der Waals surface area contributed by atoms with E-state index in [4.69, 9.17) is 0 Å². The van der Waals surface area contributed by atoms with Crippen LogP contribution in [0.4, 0.5) is 17.6 Å². The molecule has 2 unspecified atom stereocenters. The van der Waals surface area contributed by atoms with Gasteiger partial charge in [0, 0.05) is 31.5 Å². The Hall–Kier alpha value is -2.90. The van der Waals surface area contributed by atoms with Crippen LogP contribution in [0.5, 0.6) is 0 Å². The topological polar surface area (TPSA) is 49.4 Å². The van der Waals surface area contributed by atoms with Crippen LogP contribution in [0.25, 0.3) is 0 Å². The second-order valence-corrected chi connectivity index (χ2v) is 8.08. The van der Waals surface area contributed by atoms with E-state index in [9.17, 15) is 27.2 Å². The Bertz CT molecular complexity index is 941. The van der Waals surface area contributed by atoms with E-state index in [2.05, 4.69) is 5.32 Å². The number of alkyl halides is 3. The average Bonchev–Trinajstić information content (AvgIpc) is 3.17. The molecule has 1 fully saturated rings. The van der Waals surface area contributed by atoms with Crippen LogP contribution in [-0.2, 0) is 22.3 Å². The zero-order chi connectivity index (χ0) is 22.8. The molecule has 2 aromatic carbocycles. The zero-order valence-electron chi connectivity index (χ0n) is 17.2. The average molecular weight is 436 g/mol. The van der Waals surface area contributed by atoms with Crippen molar-refractivity contribution < 1.29 is 27.2 Å². The molecule has 0 bridgehead atoms. The van der Waals surface area contributed by atoms with Gasteiger partial charge in [-0.3, -0.25) is 9.59 Å². The van der Waals surface area contributed by atoms with Crippen LogP contribution in [-0.4, -0.2) is 29.8 Å². The van der Waals surface area contributed by atoms with Crippen LogP contribution in [0.15, 0.2) is 48.5 Å². The Morgan fingerprint density at radius 2 is 1.77 bits per heavy atom. The summed E-state index contributed by atoms with van der Waals surface area (Å²) in [5.41, 5.74) is 0.276. The number of benzene rings is 2. The first-order valence-electron chi connectivity index (χ1n) is 10.0. The highest BCUT2D eigenvalue weighted by Gasteiger charge is 2.41. The molecule has 1 heterocycles.